The molecular weight excluding hydrogens is 258 g/mol. The van der Waals surface area contributed by atoms with Gasteiger partial charge in [0.15, 0.2) is 0 Å². The van der Waals surface area contributed by atoms with E-state index >= 15 is 0 Å². The van der Waals surface area contributed by atoms with Crippen molar-refractivity contribution in [3.63, 3.8) is 0 Å². The molecule has 2 rings (SSSR count). The molecule has 19 heavy (non-hydrogen) atoms. The smallest absolute Gasteiger partial charge is 0.256 e. The van der Waals surface area contributed by atoms with E-state index in [0.29, 0.717) is 0 Å². The van der Waals surface area contributed by atoms with Crippen LogP contribution in [0.3, 0.4) is 0 Å². The van der Waals surface area contributed by atoms with E-state index in [1.54, 1.807) is 0 Å². The van der Waals surface area contributed by atoms with Crippen LogP contribution in [0.4, 0.5) is 23.2 Å². The molecule has 0 aliphatic rings. The Hall–Kier alpha value is -2.17. The van der Waals surface area contributed by atoms with Crippen molar-refractivity contribution < 1.29 is 17.6 Å². The van der Waals surface area contributed by atoms with Crippen molar-refractivity contribution in [3.05, 3.63) is 65.5 Å². The van der Waals surface area contributed by atoms with Crippen LogP contribution in [0.2, 0.25) is 0 Å². The number of hydrogen-bond acceptors (Lipinski definition) is 1. The second kappa shape index (κ2) is 5.22. The zero-order chi connectivity index (χ0) is 13.9. The highest BCUT2D eigenvalue weighted by Gasteiger charge is 2.32. The Morgan fingerprint density at radius 1 is 0.947 bits per heavy atom. The molecule has 0 aliphatic heterocycles. The first-order chi connectivity index (χ1) is 8.97. The van der Waals surface area contributed by atoms with Crippen LogP contribution in [0.1, 0.15) is 11.1 Å². The molecule has 0 bridgehead atoms. The Labute approximate surface area is 107 Å². The van der Waals surface area contributed by atoms with Gasteiger partial charge < -0.3 is 0 Å². The molecule has 0 spiro atoms. The van der Waals surface area contributed by atoms with Crippen LogP contribution in [0, 0.1) is 5.82 Å². The molecule has 2 aromatic carbocycles. The minimum Gasteiger partial charge on any atom is -0.256 e. The van der Waals surface area contributed by atoms with Gasteiger partial charge in [-0.15, -0.1) is 0 Å². The van der Waals surface area contributed by atoms with Crippen molar-refractivity contribution in [2.45, 2.75) is 6.18 Å². The van der Waals surface area contributed by atoms with Gasteiger partial charge in [0.25, 0.3) is 0 Å². The molecule has 0 N–H and O–H groups in total. The topological polar surface area (TPSA) is 12.4 Å². The zero-order valence-electron chi connectivity index (χ0n) is 9.66. The summed E-state index contributed by atoms with van der Waals surface area (Å²) in [5, 5.41) is 0. The fourth-order valence-electron chi connectivity index (χ4n) is 1.57. The average molecular weight is 267 g/mol. The van der Waals surface area contributed by atoms with Gasteiger partial charge >= 0.3 is 6.18 Å². The fraction of sp³-hybridized carbons (Fsp3) is 0.0714. The third kappa shape index (κ3) is 3.40. The lowest BCUT2D eigenvalue weighted by molar-refractivity contribution is -0.137. The summed E-state index contributed by atoms with van der Waals surface area (Å²) < 4.78 is 51.1. The molecule has 0 atom stereocenters. The Morgan fingerprint density at radius 2 is 1.68 bits per heavy atom. The van der Waals surface area contributed by atoms with Crippen LogP contribution < -0.4 is 0 Å². The largest absolute Gasteiger partial charge is 0.417 e. The van der Waals surface area contributed by atoms with Gasteiger partial charge in [-0.1, -0.05) is 24.3 Å². The fourth-order valence-corrected chi connectivity index (χ4v) is 1.57. The zero-order valence-corrected chi connectivity index (χ0v) is 9.66. The van der Waals surface area contributed by atoms with E-state index in [4.69, 9.17) is 0 Å². The van der Waals surface area contributed by atoms with Gasteiger partial charge in [-0.05, 0) is 24.3 Å². The van der Waals surface area contributed by atoms with Crippen LogP contribution in [0.25, 0.3) is 0 Å². The first-order valence-electron chi connectivity index (χ1n) is 5.43. The normalized spacial score (nSPS) is 12.0. The van der Waals surface area contributed by atoms with Gasteiger partial charge in [-0.2, -0.15) is 13.2 Å². The highest BCUT2D eigenvalue weighted by Crippen LogP contribution is 2.31. The van der Waals surface area contributed by atoms with Crippen LogP contribution in [0.15, 0.2) is 53.5 Å². The van der Waals surface area contributed by atoms with Crippen LogP contribution in [0.5, 0.6) is 0 Å². The molecule has 0 amide bonds. The maximum atomic E-state index is 12.9. The SMILES string of the molecule is Fc1cccc(N=Cc2ccccc2C(F)(F)F)c1. The van der Waals surface area contributed by atoms with E-state index < -0.39 is 17.6 Å². The van der Waals surface area contributed by atoms with Gasteiger partial charge in [0.1, 0.15) is 5.82 Å². The summed E-state index contributed by atoms with van der Waals surface area (Å²) in [6.07, 6.45) is -3.36. The second-order valence-corrected chi connectivity index (χ2v) is 3.82. The van der Waals surface area contributed by atoms with E-state index in [0.717, 1.165) is 18.3 Å². The van der Waals surface area contributed by atoms with Crippen molar-refractivity contribution in [3.8, 4) is 0 Å². The molecule has 0 aliphatic carbocycles. The molecule has 0 unspecified atom stereocenters. The predicted octanol–water partition coefficient (Wildman–Crippen LogP) is 4.60. The van der Waals surface area contributed by atoms with E-state index in [1.807, 2.05) is 0 Å². The summed E-state index contributed by atoms with van der Waals surface area (Å²) in [5.74, 6) is -0.487. The first kappa shape index (κ1) is 13.3. The summed E-state index contributed by atoms with van der Waals surface area (Å²) in [5.41, 5.74) is -0.564. The Balaban J connectivity index is 2.34. The molecule has 0 heterocycles. The van der Waals surface area contributed by atoms with Crippen molar-refractivity contribution in [1.29, 1.82) is 0 Å². The highest BCUT2D eigenvalue weighted by molar-refractivity contribution is 5.84. The number of halogens is 4. The third-order valence-electron chi connectivity index (χ3n) is 2.43. The number of aliphatic imine (C=N–C) groups is 1. The monoisotopic (exact) mass is 267 g/mol. The molecule has 0 radical (unpaired) electrons. The van der Waals surface area contributed by atoms with Gasteiger partial charge in [0, 0.05) is 11.8 Å². The summed E-state index contributed by atoms with van der Waals surface area (Å²) in [7, 11) is 0. The Bertz CT molecular complexity index is 602. The maximum Gasteiger partial charge on any atom is 0.417 e. The van der Waals surface area contributed by atoms with Gasteiger partial charge in [-0.3, -0.25) is 4.99 Å². The van der Waals surface area contributed by atoms with Crippen LogP contribution in [-0.4, -0.2) is 6.21 Å². The molecule has 0 aromatic heterocycles. The number of alkyl halides is 3. The van der Waals surface area contributed by atoms with Gasteiger partial charge in [-0.25, -0.2) is 4.39 Å². The first-order valence-corrected chi connectivity index (χ1v) is 5.43. The molecule has 0 fully saturated rings. The number of benzene rings is 2. The lowest BCUT2D eigenvalue weighted by Gasteiger charge is -2.09. The van der Waals surface area contributed by atoms with E-state index in [9.17, 15) is 17.6 Å². The number of hydrogen-bond donors (Lipinski definition) is 0. The standard InChI is InChI=1S/C14H9F4N/c15-11-5-3-6-12(8-11)19-9-10-4-1-2-7-13(10)14(16,17)18/h1-9H. The Morgan fingerprint density at radius 3 is 2.37 bits per heavy atom. The van der Waals surface area contributed by atoms with Crippen LogP contribution in [-0.2, 0) is 6.18 Å². The van der Waals surface area contributed by atoms with Crippen molar-refractivity contribution in [2.75, 3.05) is 0 Å². The summed E-state index contributed by atoms with van der Waals surface area (Å²) in [6, 6.07) is 10.4. The molecular formula is C14H9F4N. The molecule has 0 saturated carbocycles. The highest BCUT2D eigenvalue weighted by atomic mass is 19.4. The predicted molar refractivity (Wildman–Crippen MR) is 65.1 cm³/mol. The minimum absolute atomic E-state index is 0.0562. The van der Waals surface area contributed by atoms with Crippen molar-refractivity contribution in [1.82, 2.24) is 0 Å². The Kier molecular flexibility index (Phi) is 3.64. The number of nitrogens with zero attached hydrogens (tertiary/aromatic N) is 1. The molecule has 5 heteroatoms. The lowest BCUT2D eigenvalue weighted by atomic mass is 10.1. The molecule has 2 aromatic rings. The van der Waals surface area contributed by atoms with Crippen LogP contribution >= 0.6 is 0 Å². The second-order valence-electron chi connectivity index (χ2n) is 3.82. The number of rotatable bonds is 2. The van der Waals surface area contributed by atoms with Crippen molar-refractivity contribution >= 4 is 11.9 Å². The summed E-state index contributed by atoms with van der Waals surface area (Å²) in [6.45, 7) is 0. The summed E-state index contributed by atoms with van der Waals surface area (Å²) in [4.78, 5) is 3.85. The summed E-state index contributed by atoms with van der Waals surface area (Å²) >= 11 is 0. The maximum absolute atomic E-state index is 12.9. The van der Waals surface area contributed by atoms with Crippen molar-refractivity contribution in [2.24, 2.45) is 4.99 Å². The van der Waals surface area contributed by atoms with Gasteiger partial charge in [0.2, 0.25) is 0 Å². The minimum atomic E-state index is -4.44. The molecule has 1 nitrogen and oxygen atoms in total. The average Bonchev–Trinajstić information content (AvgIpc) is 2.36. The quantitative estimate of drug-likeness (QED) is 0.557. The lowest BCUT2D eigenvalue weighted by Crippen LogP contribution is -2.08. The van der Waals surface area contributed by atoms with E-state index in [1.165, 1.54) is 36.4 Å². The van der Waals surface area contributed by atoms with E-state index in [-0.39, 0.29) is 11.3 Å². The third-order valence-corrected chi connectivity index (χ3v) is 2.43. The molecule has 0 saturated heterocycles. The molecule has 98 valence electrons. The van der Waals surface area contributed by atoms with Gasteiger partial charge in [0.05, 0.1) is 11.3 Å². The van der Waals surface area contributed by atoms with E-state index in [2.05, 4.69) is 4.99 Å².